The standard InChI is InChI=1S/C13H23N5O/c1-19-8-7-16-13-9-12(17-10-18-13)15-6-4-11-3-2-5-14-11/h9-11,14H,2-8H2,1H3,(H2,15,16,17,18). The van der Waals surface area contributed by atoms with E-state index in [1.807, 2.05) is 6.07 Å². The molecule has 0 radical (unpaired) electrons. The average molecular weight is 265 g/mol. The molecule has 1 atom stereocenters. The third-order valence-electron chi connectivity index (χ3n) is 3.24. The van der Waals surface area contributed by atoms with Gasteiger partial charge in [-0.15, -0.1) is 0 Å². The summed E-state index contributed by atoms with van der Waals surface area (Å²) in [6, 6.07) is 2.59. The van der Waals surface area contributed by atoms with Crippen LogP contribution >= 0.6 is 0 Å². The summed E-state index contributed by atoms with van der Waals surface area (Å²) in [4.78, 5) is 8.38. The third-order valence-corrected chi connectivity index (χ3v) is 3.24. The molecule has 6 nitrogen and oxygen atoms in total. The van der Waals surface area contributed by atoms with Gasteiger partial charge in [-0.3, -0.25) is 0 Å². The van der Waals surface area contributed by atoms with Crippen LogP contribution in [-0.4, -0.2) is 49.4 Å². The van der Waals surface area contributed by atoms with Gasteiger partial charge in [-0.2, -0.15) is 0 Å². The SMILES string of the molecule is COCCNc1cc(NCCC2CCCN2)ncn1. The average Bonchev–Trinajstić information content (AvgIpc) is 2.93. The van der Waals surface area contributed by atoms with E-state index in [1.54, 1.807) is 13.4 Å². The van der Waals surface area contributed by atoms with Crippen LogP contribution in [0, 0.1) is 0 Å². The Morgan fingerprint density at radius 2 is 2.11 bits per heavy atom. The lowest BCUT2D eigenvalue weighted by molar-refractivity contribution is 0.210. The summed E-state index contributed by atoms with van der Waals surface area (Å²) >= 11 is 0. The second kappa shape index (κ2) is 7.91. The second-order valence-corrected chi connectivity index (χ2v) is 4.72. The Kier molecular flexibility index (Phi) is 5.84. The molecule has 1 saturated heterocycles. The van der Waals surface area contributed by atoms with Gasteiger partial charge < -0.3 is 20.7 Å². The Labute approximate surface area is 114 Å². The second-order valence-electron chi connectivity index (χ2n) is 4.72. The maximum Gasteiger partial charge on any atom is 0.131 e. The summed E-state index contributed by atoms with van der Waals surface area (Å²) in [6.45, 7) is 3.51. The lowest BCUT2D eigenvalue weighted by atomic mass is 10.1. The van der Waals surface area contributed by atoms with Crippen LogP contribution in [0.4, 0.5) is 11.6 Å². The molecule has 0 saturated carbocycles. The zero-order valence-electron chi connectivity index (χ0n) is 11.5. The highest BCUT2D eigenvalue weighted by atomic mass is 16.5. The lowest BCUT2D eigenvalue weighted by Crippen LogP contribution is -2.24. The molecule has 1 aliphatic heterocycles. The predicted octanol–water partition coefficient (Wildman–Crippen LogP) is 1.09. The van der Waals surface area contributed by atoms with Crippen molar-refractivity contribution in [2.45, 2.75) is 25.3 Å². The van der Waals surface area contributed by atoms with Crippen LogP contribution in [0.2, 0.25) is 0 Å². The minimum atomic E-state index is 0.661. The van der Waals surface area contributed by atoms with E-state index in [4.69, 9.17) is 4.74 Å². The fraction of sp³-hybridized carbons (Fsp3) is 0.692. The molecule has 1 fully saturated rings. The first-order valence-electron chi connectivity index (χ1n) is 6.90. The summed E-state index contributed by atoms with van der Waals surface area (Å²) in [5.74, 6) is 1.70. The molecular formula is C13H23N5O. The molecule has 0 amide bonds. The minimum Gasteiger partial charge on any atom is -0.383 e. The Hall–Kier alpha value is -1.40. The van der Waals surface area contributed by atoms with Gasteiger partial charge in [0.15, 0.2) is 0 Å². The number of nitrogens with one attached hydrogen (secondary N) is 3. The molecule has 1 unspecified atom stereocenters. The number of aromatic nitrogens is 2. The number of hydrogen-bond acceptors (Lipinski definition) is 6. The number of anilines is 2. The van der Waals surface area contributed by atoms with Crippen LogP contribution < -0.4 is 16.0 Å². The molecule has 0 spiro atoms. The molecule has 0 aliphatic carbocycles. The summed E-state index contributed by atoms with van der Waals surface area (Å²) < 4.78 is 4.99. The normalized spacial score (nSPS) is 18.5. The first-order chi connectivity index (χ1) is 9.38. The first-order valence-corrected chi connectivity index (χ1v) is 6.90. The lowest BCUT2D eigenvalue weighted by Gasteiger charge is -2.11. The van der Waals surface area contributed by atoms with Crippen molar-refractivity contribution in [2.24, 2.45) is 0 Å². The topological polar surface area (TPSA) is 71.1 Å². The first kappa shape index (κ1) is 14.0. The Bertz CT molecular complexity index is 368. The number of methoxy groups -OCH3 is 1. The Morgan fingerprint density at radius 3 is 2.79 bits per heavy atom. The van der Waals surface area contributed by atoms with Crippen LogP contribution in [0.1, 0.15) is 19.3 Å². The molecule has 19 heavy (non-hydrogen) atoms. The van der Waals surface area contributed by atoms with Crippen LogP contribution in [-0.2, 0) is 4.74 Å². The Morgan fingerprint density at radius 1 is 1.32 bits per heavy atom. The summed E-state index contributed by atoms with van der Waals surface area (Å²) in [5.41, 5.74) is 0. The van der Waals surface area contributed by atoms with Crippen LogP contribution in [0.25, 0.3) is 0 Å². The minimum absolute atomic E-state index is 0.661. The van der Waals surface area contributed by atoms with Crippen molar-refractivity contribution in [2.75, 3.05) is 44.0 Å². The van der Waals surface area contributed by atoms with E-state index in [9.17, 15) is 0 Å². The Balaban J connectivity index is 1.71. The molecule has 0 aromatic carbocycles. The van der Waals surface area contributed by atoms with Crippen molar-refractivity contribution >= 4 is 11.6 Å². The van der Waals surface area contributed by atoms with Crippen molar-refractivity contribution in [1.29, 1.82) is 0 Å². The molecular weight excluding hydrogens is 242 g/mol. The molecule has 3 N–H and O–H groups in total. The summed E-state index contributed by atoms with van der Waals surface area (Å²) in [5, 5.41) is 10.0. The van der Waals surface area contributed by atoms with Gasteiger partial charge in [0, 0.05) is 32.3 Å². The molecule has 1 aromatic rings. The van der Waals surface area contributed by atoms with Gasteiger partial charge in [-0.05, 0) is 25.8 Å². The van der Waals surface area contributed by atoms with Crippen LogP contribution in [0.15, 0.2) is 12.4 Å². The van der Waals surface area contributed by atoms with Crippen molar-refractivity contribution < 1.29 is 4.74 Å². The monoisotopic (exact) mass is 265 g/mol. The number of rotatable bonds is 8. The zero-order valence-corrected chi connectivity index (χ0v) is 11.5. The molecule has 6 heteroatoms. The predicted molar refractivity (Wildman–Crippen MR) is 76.5 cm³/mol. The smallest absolute Gasteiger partial charge is 0.131 e. The maximum absolute atomic E-state index is 4.99. The number of hydrogen-bond donors (Lipinski definition) is 3. The van der Waals surface area contributed by atoms with Crippen LogP contribution in [0.5, 0.6) is 0 Å². The van der Waals surface area contributed by atoms with Crippen molar-refractivity contribution in [3.05, 3.63) is 12.4 Å². The van der Waals surface area contributed by atoms with E-state index in [0.717, 1.165) is 37.7 Å². The molecule has 1 aliphatic rings. The van der Waals surface area contributed by atoms with Crippen molar-refractivity contribution in [3.63, 3.8) is 0 Å². The van der Waals surface area contributed by atoms with Crippen molar-refractivity contribution in [1.82, 2.24) is 15.3 Å². The van der Waals surface area contributed by atoms with E-state index in [2.05, 4.69) is 25.9 Å². The summed E-state index contributed by atoms with van der Waals surface area (Å²) in [7, 11) is 1.69. The third kappa shape index (κ3) is 5.00. The highest BCUT2D eigenvalue weighted by molar-refractivity contribution is 5.46. The molecule has 2 rings (SSSR count). The quantitative estimate of drug-likeness (QED) is 0.611. The van der Waals surface area contributed by atoms with Gasteiger partial charge in [0.05, 0.1) is 6.61 Å². The van der Waals surface area contributed by atoms with Crippen molar-refractivity contribution in [3.8, 4) is 0 Å². The highest BCUT2D eigenvalue weighted by Crippen LogP contribution is 2.11. The molecule has 106 valence electrons. The largest absolute Gasteiger partial charge is 0.383 e. The highest BCUT2D eigenvalue weighted by Gasteiger charge is 2.12. The van der Waals surface area contributed by atoms with Gasteiger partial charge in [0.1, 0.15) is 18.0 Å². The maximum atomic E-state index is 4.99. The van der Waals surface area contributed by atoms with Gasteiger partial charge >= 0.3 is 0 Å². The molecule has 0 bridgehead atoms. The molecule has 1 aromatic heterocycles. The van der Waals surface area contributed by atoms with E-state index in [-0.39, 0.29) is 0 Å². The number of nitrogens with zero attached hydrogens (tertiary/aromatic N) is 2. The molecule has 2 heterocycles. The van der Waals surface area contributed by atoms with E-state index in [1.165, 1.54) is 12.8 Å². The van der Waals surface area contributed by atoms with Gasteiger partial charge in [-0.1, -0.05) is 0 Å². The fourth-order valence-electron chi connectivity index (χ4n) is 2.21. The fourth-order valence-corrected chi connectivity index (χ4v) is 2.21. The van der Waals surface area contributed by atoms with E-state index >= 15 is 0 Å². The zero-order chi connectivity index (χ0) is 13.3. The van der Waals surface area contributed by atoms with Gasteiger partial charge in [-0.25, -0.2) is 9.97 Å². The van der Waals surface area contributed by atoms with Gasteiger partial charge in [0.25, 0.3) is 0 Å². The van der Waals surface area contributed by atoms with E-state index in [0.29, 0.717) is 12.6 Å². The number of ether oxygens (including phenoxy) is 1. The van der Waals surface area contributed by atoms with Crippen LogP contribution in [0.3, 0.4) is 0 Å². The van der Waals surface area contributed by atoms with Gasteiger partial charge in [0.2, 0.25) is 0 Å². The summed E-state index contributed by atoms with van der Waals surface area (Å²) in [6.07, 6.45) is 5.29. The van der Waals surface area contributed by atoms with E-state index < -0.39 is 0 Å².